The van der Waals surface area contributed by atoms with Gasteiger partial charge < -0.3 is 4.57 Å². The Morgan fingerprint density at radius 2 is 2.00 bits per heavy atom. The Morgan fingerprint density at radius 1 is 1.15 bits per heavy atom. The van der Waals surface area contributed by atoms with Gasteiger partial charge in [-0.3, -0.25) is 0 Å². The molecule has 0 aliphatic carbocycles. The van der Waals surface area contributed by atoms with Crippen molar-refractivity contribution < 1.29 is 0 Å². The average Bonchev–Trinajstić information content (AvgIpc) is 2.76. The lowest BCUT2D eigenvalue weighted by atomic mass is 10.1. The van der Waals surface area contributed by atoms with Gasteiger partial charge in [0.25, 0.3) is 0 Å². The van der Waals surface area contributed by atoms with E-state index in [2.05, 4.69) is 40.7 Å². The van der Waals surface area contributed by atoms with Crippen LogP contribution in [0.3, 0.4) is 0 Å². The first-order chi connectivity index (χ1) is 9.67. The van der Waals surface area contributed by atoms with Crippen LogP contribution in [0.15, 0.2) is 42.5 Å². The highest BCUT2D eigenvalue weighted by Gasteiger charge is 2.10. The molecule has 0 saturated carbocycles. The summed E-state index contributed by atoms with van der Waals surface area (Å²) in [5.74, 6) is 1.25. The number of benzene rings is 2. The molecule has 4 heteroatoms. The molecule has 0 N–H and O–H groups in total. The van der Waals surface area contributed by atoms with Crippen LogP contribution >= 0.6 is 23.2 Å². The number of hydrogen-bond donors (Lipinski definition) is 0. The summed E-state index contributed by atoms with van der Waals surface area (Å²) in [5.41, 5.74) is 4.43. The largest absolute Gasteiger partial charge is 0.322 e. The Bertz CT molecular complexity index is 762. The van der Waals surface area contributed by atoms with Crippen LogP contribution in [-0.2, 0) is 12.4 Å². The van der Waals surface area contributed by atoms with Crippen LogP contribution < -0.4 is 0 Å². The third-order valence-electron chi connectivity index (χ3n) is 3.33. The fourth-order valence-corrected chi connectivity index (χ4v) is 2.79. The maximum absolute atomic E-state index is 6.10. The van der Waals surface area contributed by atoms with E-state index in [0.717, 1.165) is 23.4 Å². The smallest absolute Gasteiger partial charge is 0.125 e. The van der Waals surface area contributed by atoms with Crippen molar-refractivity contribution in [3.8, 4) is 0 Å². The van der Waals surface area contributed by atoms with Crippen LogP contribution in [-0.4, -0.2) is 9.55 Å². The molecule has 2 aromatic carbocycles. The maximum atomic E-state index is 6.10. The Kier molecular flexibility index (Phi) is 3.68. The highest BCUT2D eigenvalue weighted by atomic mass is 35.5. The van der Waals surface area contributed by atoms with Crippen LogP contribution in [0.4, 0.5) is 0 Å². The molecular weight excluding hydrogens is 291 g/mol. The number of halogens is 2. The van der Waals surface area contributed by atoms with E-state index in [1.807, 2.05) is 18.2 Å². The zero-order chi connectivity index (χ0) is 14.1. The standard InChI is InChI=1S/C16H14Cl2N2/c1-11-3-2-4-12(7-11)10-20-15-8-13(18)5-6-14(15)19-16(20)9-17/h2-8H,9-10H2,1H3. The molecule has 20 heavy (non-hydrogen) atoms. The zero-order valence-corrected chi connectivity index (χ0v) is 12.6. The molecule has 0 bridgehead atoms. The van der Waals surface area contributed by atoms with Gasteiger partial charge in [-0.1, -0.05) is 41.4 Å². The van der Waals surface area contributed by atoms with Gasteiger partial charge in [-0.05, 0) is 30.7 Å². The highest BCUT2D eigenvalue weighted by Crippen LogP contribution is 2.23. The molecule has 0 spiro atoms. The molecule has 0 unspecified atom stereocenters. The molecule has 1 aromatic heterocycles. The van der Waals surface area contributed by atoms with E-state index in [0.29, 0.717) is 10.9 Å². The van der Waals surface area contributed by atoms with Crippen molar-refractivity contribution in [2.75, 3.05) is 0 Å². The van der Waals surface area contributed by atoms with Gasteiger partial charge in [-0.25, -0.2) is 4.98 Å². The van der Waals surface area contributed by atoms with E-state index < -0.39 is 0 Å². The molecule has 0 aliphatic rings. The van der Waals surface area contributed by atoms with Gasteiger partial charge in [0, 0.05) is 11.6 Å². The number of rotatable bonds is 3. The minimum atomic E-state index is 0.387. The molecule has 1 heterocycles. The third-order valence-corrected chi connectivity index (χ3v) is 3.81. The highest BCUT2D eigenvalue weighted by molar-refractivity contribution is 6.31. The molecular formula is C16H14Cl2N2. The van der Waals surface area contributed by atoms with Gasteiger partial charge in [0.15, 0.2) is 0 Å². The molecule has 0 aliphatic heterocycles. The van der Waals surface area contributed by atoms with Crippen molar-refractivity contribution in [2.45, 2.75) is 19.3 Å². The minimum Gasteiger partial charge on any atom is -0.322 e. The summed E-state index contributed by atoms with van der Waals surface area (Å²) >= 11 is 12.1. The van der Waals surface area contributed by atoms with Crippen molar-refractivity contribution in [1.29, 1.82) is 0 Å². The van der Waals surface area contributed by atoms with Crippen molar-refractivity contribution in [3.05, 3.63) is 64.4 Å². The molecule has 0 radical (unpaired) electrons. The normalized spacial score (nSPS) is 11.2. The second-order valence-electron chi connectivity index (χ2n) is 4.87. The molecule has 3 aromatic rings. The number of nitrogens with zero attached hydrogens (tertiary/aromatic N) is 2. The lowest BCUT2D eigenvalue weighted by molar-refractivity contribution is 0.778. The fourth-order valence-electron chi connectivity index (χ4n) is 2.42. The summed E-state index contributed by atoms with van der Waals surface area (Å²) in [4.78, 5) is 4.56. The minimum absolute atomic E-state index is 0.387. The second-order valence-corrected chi connectivity index (χ2v) is 5.57. The van der Waals surface area contributed by atoms with E-state index in [9.17, 15) is 0 Å². The van der Waals surface area contributed by atoms with Crippen LogP contribution in [0.5, 0.6) is 0 Å². The fraction of sp³-hybridized carbons (Fsp3) is 0.188. The number of alkyl halides is 1. The van der Waals surface area contributed by atoms with Crippen molar-refractivity contribution in [2.24, 2.45) is 0 Å². The monoisotopic (exact) mass is 304 g/mol. The number of fused-ring (bicyclic) bond motifs is 1. The number of imidazole rings is 1. The zero-order valence-electron chi connectivity index (χ0n) is 11.1. The molecule has 0 amide bonds. The molecule has 3 rings (SSSR count). The molecule has 0 fully saturated rings. The maximum Gasteiger partial charge on any atom is 0.125 e. The second kappa shape index (κ2) is 5.47. The van der Waals surface area contributed by atoms with Gasteiger partial charge in [0.05, 0.1) is 16.9 Å². The van der Waals surface area contributed by atoms with E-state index in [1.165, 1.54) is 11.1 Å². The number of aromatic nitrogens is 2. The summed E-state index contributed by atoms with van der Waals surface area (Å²) < 4.78 is 2.13. The van der Waals surface area contributed by atoms with Gasteiger partial charge >= 0.3 is 0 Å². The predicted molar refractivity (Wildman–Crippen MR) is 84.6 cm³/mol. The van der Waals surface area contributed by atoms with Crippen LogP contribution in [0.1, 0.15) is 17.0 Å². The summed E-state index contributed by atoms with van der Waals surface area (Å²) in [6, 6.07) is 14.2. The number of aryl methyl sites for hydroxylation is 1. The van der Waals surface area contributed by atoms with Crippen LogP contribution in [0.25, 0.3) is 11.0 Å². The van der Waals surface area contributed by atoms with Crippen molar-refractivity contribution in [3.63, 3.8) is 0 Å². The first-order valence-corrected chi connectivity index (χ1v) is 7.35. The van der Waals surface area contributed by atoms with Crippen molar-refractivity contribution in [1.82, 2.24) is 9.55 Å². The lowest BCUT2D eigenvalue weighted by Crippen LogP contribution is -2.04. The first-order valence-electron chi connectivity index (χ1n) is 6.43. The summed E-state index contributed by atoms with van der Waals surface area (Å²) in [7, 11) is 0. The topological polar surface area (TPSA) is 17.8 Å². The summed E-state index contributed by atoms with van der Waals surface area (Å²) in [6.07, 6.45) is 0. The Hall–Kier alpha value is -1.51. The Labute approximate surface area is 128 Å². The first kappa shape index (κ1) is 13.5. The van der Waals surface area contributed by atoms with E-state index in [1.54, 1.807) is 0 Å². The summed E-state index contributed by atoms with van der Waals surface area (Å²) in [6.45, 7) is 2.84. The van der Waals surface area contributed by atoms with Gasteiger partial charge in [0.2, 0.25) is 0 Å². The molecule has 0 saturated heterocycles. The molecule has 0 atom stereocenters. The predicted octanol–water partition coefficient (Wildman–Crippen LogP) is 4.79. The Balaban J connectivity index is 2.11. The molecule has 2 nitrogen and oxygen atoms in total. The van der Waals surface area contributed by atoms with Crippen LogP contribution in [0.2, 0.25) is 5.02 Å². The Morgan fingerprint density at radius 3 is 2.75 bits per heavy atom. The van der Waals surface area contributed by atoms with E-state index in [-0.39, 0.29) is 0 Å². The van der Waals surface area contributed by atoms with Gasteiger partial charge in [-0.15, -0.1) is 11.6 Å². The quantitative estimate of drug-likeness (QED) is 0.636. The van der Waals surface area contributed by atoms with Crippen LogP contribution in [0, 0.1) is 6.92 Å². The molecule has 102 valence electrons. The van der Waals surface area contributed by atoms with Gasteiger partial charge in [-0.2, -0.15) is 0 Å². The lowest BCUT2D eigenvalue weighted by Gasteiger charge is -2.08. The van der Waals surface area contributed by atoms with E-state index in [4.69, 9.17) is 23.2 Å². The number of hydrogen-bond acceptors (Lipinski definition) is 1. The third kappa shape index (κ3) is 2.54. The van der Waals surface area contributed by atoms with Gasteiger partial charge in [0.1, 0.15) is 5.82 Å². The van der Waals surface area contributed by atoms with E-state index >= 15 is 0 Å². The SMILES string of the molecule is Cc1cccc(Cn2c(CCl)nc3ccc(Cl)cc32)c1. The average molecular weight is 305 g/mol. The summed E-state index contributed by atoms with van der Waals surface area (Å²) in [5, 5.41) is 0.712. The van der Waals surface area contributed by atoms with Crippen molar-refractivity contribution >= 4 is 34.2 Å².